The van der Waals surface area contributed by atoms with Gasteiger partial charge in [-0.1, -0.05) is 6.58 Å². The van der Waals surface area contributed by atoms with Gasteiger partial charge in [-0.3, -0.25) is 9.59 Å². The maximum atomic E-state index is 11.8. The Morgan fingerprint density at radius 1 is 1.69 bits per heavy atom. The normalized spacial score (nSPS) is 28.6. The predicted octanol–water partition coefficient (Wildman–Crippen LogP) is 1.72. The fourth-order valence-electron chi connectivity index (χ4n) is 2.39. The molecule has 86 valence electrons. The summed E-state index contributed by atoms with van der Waals surface area (Å²) in [5.41, 5.74) is -0.541. The maximum Gasteiger partial charge on any atom is 0.323 e. The average molecular weight is 220 g/mol. The summed E-state index contributed by atoms with van der Waals surface area (Å²) in [6.07, 6.45) is 6.95. The smallest absolute Gasteiger partial charge is 0.323 e. The van der Waals surface area contributed by atoms with Crippen LogP contribution in [0.15, 0.2) is 12.2 Å². The summed E-state index contributed by atoms with van der Waals surface area (Å²) in [7, 11) is 1.29. The van der Waals surface area contributed by atoms with Gasteiger partial charge >= 0.3 is 5.97 Å². The highest BCUT2D eigenvalue weighted by Crippen LogP contribution is 2.48. The highest BCUT2D eigenvalue weighted by Gasteiger charge is 2.52. The molecule has 0 radical (unpaired) electrons. The zero-order chi connectivity index (χ0) is 12.3. The molecule has 0 aromatic rings. The molecule has 0 unspecified atom stereocenters. The Morgan fingerprint density at radius 2 is 2.31 bits per heavy atom. The average Bonchev–Trinajstić information content (AvgIpc) is 2.57. The number of carbonyl (C=O) groups is 2. The van der Waals surface area contributed by atoms with Gasteiger partial charge in [0.25, 0.3) is 0 Å². The number of Topliss-reactive ketones (excluding diaryl/α,β-unsaturated/α-hetero) is 1. The number of esters is 1. The lowest BCUT2D eigenvalue weighted by molar-refractivity contribution is -0.154. The van der Waals surface area contributed by atoms with Crippen molar-refractivity contribution in [2.24, 2.45) is 11.3 Å². The largest absolute Gasteiger partial charge is 0.468 e. The highest BCUT2D eigenvalue weighted by molar-refractivity contribution is 6.06. The summed E-state index contributed by atoms with van der Waals surface area (Å²) in [5, 5.41) is 0. The second-order valence-electron chi connectivity index (χ2n) is 4.12. The zero-order valence-corrected chi connectivity index (χ0v) is 9.71. The minimum absolute atomic E-state index is 0.0491. The summed E-state index contributed by atoms with van der Waals surface area (Å²) in [5.74, 6) is 1.88. The van der Waals surface area contributed by atoms with Gasteiger partial charge in [0.1, 0.15) is 5.41 Å². The van der Waals surface area contributed by atoms with Crippen LogP contribution in [0.2, 0.25) is 0 Å². The van der Waals surface area contributed by atoms with Crippen molar-refractivity contribution in [2.75, 3.05) is 7.11 Å². The van der Waals surface area contributed by atoms with E-state index in [9.17, 15) is 9.59 Å². The number of methoxy groups -OCH3 is 1. The van der Waals surface area contributed by atoms with Gasteiger partial charge in [0.15, 0.2) is 5.78 Å². The topological polar surface area (TPSA) is 43.4 Å². The third kappa shape index (κ3) is 1.65. The van der Waals surface area contributed by atoms with Crippen LogP contribution in [0.3, 0.4) is 0 Å². The van der Waals surface area contributed by atoms with E-state index in [2.05, 4.69) is 12.5 Å². The van der Waals surface area contributed by atoms with Crippen molar-refractivity contribution in [2.45, 2.75) is 26.2 Å². The number of carbonyl (C=O) groups excluding carboxylic acids is 2. The molecule has 1 aliphatic rings. The third-order valence-corrected chi connectivity index (χ3v) is 3.41. The number of hydrogen-bond donors (Lipinski definition) is 0. The molecule has 0 spiro atoms. The number of rotatable bonds is 3. The molecule has 0 heterocycles. The number of terminal acetylenes is 1. The Kier molecular flexibility index (Phi) is 3.54. The van der Waals surface area contributed by atoms with Crippen molar-refractivity contribution in [1.29, 1.82) is 0 Å². The lowest BCUT2D eigenvalue weighted by Crippen LogP contribution is -2.38. The van der Waals surface area contributed by atoms with Crippen molar-refractivity contribution in [3.8, 4) is 12.3 Å². The van der Waals surface area contributed by atoms with E-state index in [0.717, 1.165) is 6.42 Å². The van der Waals surface area contributed by atoms with Gasteiger partial charge in [-0.15, -0.1) is 12.3 Å². The monoisotopic (exact) mass is 220 g/mol. The van der Waals surface area contributed by atoms with Gasteiger partial charge in [0, 0.05) is 6.42 Å². The van der Waals surface area contributed by atoms with E-state index in [1.165, 1.54) is 14.0 Å². The summed E-state index contributed by atoms with van der Waals surface area (Å²) >= 11 is 0. The van der Waals surface area contributed by atoms with E-state index >= 15 is 0 Å². The molecule has 0 aliphatic heterocycles. The Morgan fingerprint density at radius 3 is 2.75 bits per heavy atom. The summed E-state index contributed by atoms with van der Waals surface area (Å²) < 4.78 is 4.72. The number of hydrogen-bond acceptors (Lipinski definition) is 3. The summed E-state index contributed by atoms with van der Waals surface area (Å²) in [6, 6.07) is 0. The van der Waals surface area contributed by atoms with Crippen LogP contribution in [0.1, 0.15) is 26.2 Å². The molecule has 0 aromatic carbocycles. The molecule has 1 fully saturated rings. The first-order valence-corrected chi connectivity index (χ1v) is 5.23. The highest BCUT2D eigenvalue weighted by atomic mass is 16.5. The molecule has 1 rings (SSSR count). The van der Waals surface area contributed by atoms with Gasteiger partial charge < -0.3 is 4.74 Å². The minimum Gasteiger partial charge on any atom is -0.468 e. The van der Waals surface area contributed by atoms with E-state index in [1.807, 2.05) is 0 Å². The third-order valence-electron chi connectivity index (χ3n) is 3.41. The molecule has 0 bridgehead atoms. The van der Waals surface area contributed by atoms with Crippen molar-refractivity contribution in [3.05, 3.63) is 12.2 Å². The molecule has 3 nitrogen and oxygen atoms in total. The van der Waals surface area contributed by atoms with Crippen LogP contribution < -0.4 is 0 Å². The molecule has 2 atom stereocenters. The molecule has 3 heteroatoms. The van der Waals surface area contributed by atoms with Crippen molar-refractivity contribution < 1.29 is 14.3 Å². The fraction of sp³-hybridized carbons (Fsp3) is 0.538. The van der Waals surface area contributed by atoms with E-state index in [4.69, 9.17) is 11.2 Å². The number of ether oxygens (including phenoxy) is 1. The van der Waals surface area contributed by atoms with Crippen LogP contribution in [0, 0.1) is 23.7 Å². The van der Waals surface area contributed by atoms with E-state index in [-0.39, 0.29) is 11.7 Å². The second kappa shape index (κ2) is 4.52. The van der Waals surface area contributed by atoms with Crippen molar-refractivity contribution in [3.63, 3.8) is 0 Å². The number of ketones is 1. The Balaban J connectivity index is 3.08. The van der Waals surface area contributed by atoms with Gasteiger partial charge in [0.2, 0.25) is 0 Å². The molecule has 0 aromatic heterocycles. The summed E-state index contributed by atoms with van der Waals surface area (Å²) in [4.78, 5) is 23.5. The molecule has 1 aliphatic carbocycles. The standard InChI is InChI=1S/C13H16O3/c1-5-6-11-7-8-13(9(11)2,10(3)14)12(15)16-4/h1,11H,2,6-8H2,3-4H3/t11-,13+/m0/s1. The Bertz CT molecular complexity index is 375. The van der Waals surface area contributed by atoms with Crippen LogP contribution in [0.5, 0.6) is 0 Å². The van der Waals surface area contributed by atoms with Crippen molar-refractivity contribution in [1.82, 2.24) is 0 Å². The second-order valence-corrected chi connectivity index (χ2v) is 4.12. The lowest BCUT2D eigenvalue weighted by Gasteiger charge is -2.25. The van der Waals surface area contributed by atoms with Crippen molar-refractivity contribution >= 4 is 11.8 Å². The van der Waals surface area contributed by atoms with Gasteiger partial charge in [-0.05, 0) is 31.3 Å². The fourth-order valence-corrected chi connectivity index (χ4v) is 2.39. The quantitative estimate of drug-likeness (QED) is 0.315. The Labute approximate surface area is 95.9 Å². The lowest BCUT2D eigenvalue weighted by atomic mass is 9.77. The SMILES string of the molecule is C#CC[C@H]1CC[C@@](C(C)=O)(C(=O)OC)C1=C. The molecular weight excluding hydrogens is 204 g/mol. The molecule has 1 saturated carbocycles. The van der Waals surface area contributed by atoms with Crippen LogP contribution in [0.4, 0.5) is 0 Å². The first-order valence-electron chi connectivity index (χ1n) is 5.23. The predicted molar refractivity (Wildman–Crippen MR) is 60.4 cm³/mol. The van der Waals surface area contributed by atoms with Crippen LogP contribution in [-0.2, 0) is 14.3 Å². The summed E-state index contributed by atoms with van der Waals surface area (Å²) in [6.45, 7) is 5.28. The van der Waals surface area contributed by atoms with E-state index < -0.39 is 11.4 Å². The Hall–Kier alpha value is -1.56. The van der Waals surface area contributed by atoms with Gasteiger partial charge in [0.05, 0.1) is 7.11 Å². The van der Waals surface area contributed by atoms with Crippen LogP contribution in [-0.4, -0.2) is 18.9 Å². The molecule has 0 amide bonds. The van der Waals surface area contributed by atoms with Crippen LogP contribution in [0.25, 0.3) is 0 Å². The zero-order valence-electron chi connectivity index (χ0n) is 9.71. The van der Waals surface area contributed by atoms with E-state index in [1.54, 1.807) is 0 Å². The molecule has 16 heavy (non-hydrogen) atoms. The van der Waals surface area contributed by atoms with Gasteiger partial charge in [-0.25, -0.2) is 0 Å². The van der Waals surface area contributed by atoms with Crippen LogP contribution >= 0.6 is 0 Å². The van der Waals surface area contributed by atoms with E-state index in [0.29, 0.717) is 18.4 Å². The molecule has 0 N–H and O–H groups in total. The maximum absolute atomic E-state index is 11.8. The molecular formula is C13H16O3. The first kappa shape index (κ1) is 12.5. The van der Waals surface area contributed by atoms with Gasteiger partial charge in [-0.2, -0.15) is 0 Å². The minimum atomic E-state index is -1.16. The molecule has 0 saturated heterocycles. The first-order chi connectivity index (χ1) is 7.50.